The van der Waals surface area contributed by atoms with Gasteiger partial charge in [-0.05, 0) is 46.5 Å². The SMILES string of the molecule is CC(C)(C)OC(=O)N1CCC(CNc2ncnc3c2cnn3C2CCCCO2)C(F)(F)C1. The van der Waals surface area contributed by atoms with Gasteiger partial charge in [0.05, 0.1) is 18.1 Å². The van der Waals surface area contributed by atoms with Crippen molar-refractivity contribution >= 4 is 22.9 Å². The van der Waals surface area contributed by atoms with Gasteiger partial charge in [0, 0.05) is 25.6 Å². The van der Waals surface area contributed by atoms with Crippen LogP contribution in [0, 0.1) is 5.92 Å². The Morgan fingerprint density at radius 3 is 2.81 bits per heavy atom. The Balaban J connectivity index is 1.41. The predicted molar refractivity (Wildman–Crippen MR) is 114 cm³/mol. The molecule has 9 nitrogen and oxygen atoms in total. The average molecular weight is 453 g/mol. The van der Waals surface area contributed by atoms with E-state index in [4.69, 9.17) is 9.47 Å². The van der Waals surface area contributed by atoms with Crippen LogP contribution in [0.4, 0.5) is 19.4 Å². The number of rotatable bonds is 4. The first-order chi connectivity index (χ1) is 15.1. The van der Waals surface area contributed by atoms with Crippen LogP contribution in [0.25, 0.3) is 11.0 Å². The Morgan fingerprint density at radius 1 is 1.31 bits per heavy atom. The number of fused-ring (bicyclic) bond motifs is 1. The number of halogens is 2. The maximum atomic E-state index is 14.8. The van der Waals surface area contributed by atoms with Crippen molar-refractivity contribution in [1.29, 1.82) is 0 Å². The monoisotopic (exact) mass is 452 g/mol. The van der Waals surface area contributed by atoms with Crippen LogP contribution in [0.15, 0.2) is 12.5 Å². The minimum Gasteiger partial charge on any atom is -0.444 e. The smallest absolute Gasteiger partial charge is 0.410 e. The lowest BCUT2D eigenvalue weighted by Crippen LogP contribution is -2.53. The van der Waals surface area contributed by atoms with Crippen LogP contribution in [0.3, 0.4) is 0 Å². The summed E-state index contributed by atoms with van der Waals surface area (Å²) in [5, 5.41) is 8.12. The molecule has 2 atom stereocenters. The minimum atomic E-state index is -3.05. The van der Waals surface area contributed by atoms with E-state index in [2.05, 4.69) is 20.4 Å². The van der Waals surface area contributed by atoms with Gasteiger partial charge in [0.2, 0.25) is 0 Å². The first-order valence-electron chi connectivity index (χ1n) is 11.0. The fourth-order valence-corrected chi connectivity index (χ4v) is 4.07. The van der Waals surface area contributed by atoms with Crippen LogP contribution in [-0.2, 0) is 9.47 Å². The number of carbonyl (C=O) groups excluding carboxylic acids is 1. The molecule has 2 aromatic rings. The zero-order valence-electron chi connectivity index (χ0n) is 18.7. The van der Waals surface area contributed by atoms with Gasteiger partial charge in [-0.1, -0.05) is 0 Å². The number of hydrogen-bond acceptors (Lipinski definition) is 7. The van der Waals surface area contributed by atoms with Gasteiger partial charge < -0.3 is 19.7 Å². The first-order valence-corrected chi connectivity index (χ1v) is 11.0. The minimum absolute atomic E-state index is 0.0202. The van der Waals surface area contributed by atoms with Crippen molar-refractivity contribution in [2.24, 2.45) is 5.92 Å². The molecule has 32 heavy (non-hydrogen) atoms. The molecule has 2 aliphatic rings. The normalized spacial score (nSPS) is 23.8. The van der Waals surface area contributed by atoms with Gasteiger partial charge >= 0.3 is 6.09 Å². The van der Waals surface area contributed by atoms with Gasteiger partial charge in [0.15, 0.2) is 11.9 Å². The zero-order chi connectivity index (χ0) is 22.9. The summed E-state index contributed by atoms with van der Waals surface area (Å²) in [6, 6.07) is 0. The molecule has 1 amide bonds. The van der Waals surface area contributed by atoms with Crippen LogP contribution in [0.1, 0.15) is 52.7 Å². The van der Waals surface area contributed by atoms with E-state index in [-0.39, 0.29) is 25.7 Å². The van der Waals surface area contributed by atoms with Crippen molar-refractivity contribution in [3.8, 4) is 0 Å². The second-order valence-electron chi connectivity index (χ2n) is 9.40. The van der Waals surface area contributed by atoms with E-state index in [0.29, 0.717) is 23.5 Å². The largest absolute Gasteiger partial charge is 0.444 e. The second kappa shape index (κ2) is 8.76. The van der Waals surface area contributed by atoms with E-state index >= 15 is 0 Å². The summed E-state index contributed by atoms with van der Waals surface area (Å²) in [6.45, 7) is 5.39. The Labute approximate surface area is 185 Å². The summed E-state index contributed by atoms with van der Waals surface area (Å²) >= 11 is 0. The molecule has 0 radical (unpaired) electrons. The highest BCUT2D eigenvalue weighted by atomic mass is 19.3. The fraction of sp³-hybridized carbons (Fsp3) is 0.714. The average Bonchev–Trinajstić information content (AvgIpc) is 3.16. The third-order valence-electron chi connectivity index (χ3n) is 5.73. The van der Waals surface area contributed by atoms with E-state index in [1.165, 1.54) is 6.33 Å². The number of alkyl halides is 2. The number of nitrogens with zero attached hydrogens (tertiary/aromatic N) is 5. The highest BCUT2D eigenvalue weighted by Gasteiger charge is 2.46. The Kier molecular flexibility index (Phi) is 6.19. The molecule has 2 saturated heterocycles. The maximum absolute atomic E-state index is 14.8. The third kappa shape index (κ3) is 4.92. The molecule has 2 aliphatic heterocycles. The summed E-state index contributed by atoms with van der Waals surface area (Å²) in [4.78, 5) is 21.8. The molecule has 2 aromatic heterocycles. The molecular weight excluding hydrogens is 422 g/mol. The number of aromatic nitrogens is 4. The summed E-state index contributed by atoms with van der Waals surface area (Å²) in [6.07, 6.45) is 5.24. The molecule has 0 aromatic carbocycles. The summed E-state index contributed by atoms with van der Waals surface area (Å²) < 4.78 is 42.4. The molecule has 0 spiro atoms. The lowest BCUT2D eigenvalue weighted by atomic mass is 9.93. The van der Waals surface area contributed by atoms with Crippen molar-refractivity contribution < 1.29 is 23.0 Å². The molecule has 0 bridgehead atoms. The molecular formula is C21H30F2N6O3. The molecule has 2 fully saturated rings. The Bertz CT molecular complexity index is 955. The quantitative estimate of drug-likeness (QED) is 0.753. The van der Waals surface area contributed by atoms with E-state index in [0.717, 1.165) is 24.2 Å². The third-order valence-corrected chi connectivity index (χ3v) is 5.73. The molecule has 1 N–H and O–H groups in total. The summed E-state index contributed by atoms with van der Waals surface area (Å²) in [7, 11) is 0. The molecule has 4 heterocycles. The first kappa shape index (κ1) is 22.6. The van der Waals surface area contributed by atoms with Gasteiger partial charge in [0.25, 0.3) is 5.92 Å². The van der Waals surface area contributed by atoms with Gasteiger partial charge in [-0.3, -0.25) is 0 Å². The van der Waals surface area contributed by atoms with Gasteiger partial charge in [0.1, 0.15) is 17.7 Å². The molecule has 176 valence electrons. The maximum Gasteiger partial charge on any atom is 0.410 e. The summed E-state index contributed by atoms with van der Waals surface area (Å²) in [5.74, 6) is -3.53. The zero-order valence-corrected chi connectivity index (χ0v) is 18.7. The number of amides is 1. The number of likely N-dealkylation sites (tertiary alicyclic amines) is 1. The van der Waals surface area contributed by atoms with Crippen LogP contribution in [0.2, 0.25) is 0 Å². The lowest BCUT2D eigenvalue weighted by molar-refractivity contribution is -0.106. The molecule has 11 heteroatoms. The van der Waals surface area contributed by atoms with Crippen LogP contribution in [-0.4, -0.2) is 68.5 Å². The van der Waals surface area contributed by atoms with Crippen molar-refractivity contribution in [1.82, 2.24) is 24.6 Å². The van der Waals surface area contributed by atoms with Crippen molar-refractivity contribution in [2.75, 3.05) is 31.6 Å². The van der Waals surface area contributed by atoms with Crippen LogP contribution >= 0.6 is 0 Å². The molecule has 0 aliphatic carbocycles. The van der Waals surface area contributed by atoms with Gasteiger partial charge in [-0.25, -0.2) is 28.2 Å². The van der Waals surface area contributed by atoms with E-state index in [9.17, 15) is 13.6 Å². The second-order valence-corrected chi connectivity index (χ2v) is 9.40. The fourth-order valence-electron chi connectivity index (χ4n) is 4.07. The van der Waals surface area contributed by atoms with Gasteiger partial charge in [-0.15, -0.1) is 0 Å². The number of piperidine rings is 1. The summed E-state index contributed by atoms with van der Waals surface area (Å²) in [5.41, 5.74) is -0.114. The Morgan fingerprint density at radius 2 is 2.12 bits per heavy atom. The van der Waals surface area contributed by atoms with Crippen LogP contribution < -0.4 is 5.32 Å². The van der Waals surface area contributed by atoms with Crippen molar-refractivity contribution in [2.45, 2.75) is 64.2 Å². The van der Waals surface area contributed by atoms with Crippen molar-refractivity contribution in [3.05, 3.63) is 12.5 Å². The van der Waals surface area contributed by atoms with E-state index in [1.54, 1.807) is 31.6 Å². The lowest BCUT2D eigenvalue weighted by Gasteiger charge is -2.38. The van der Waals surface area contributed by atoms with E-state index in [1.807, 2.05) is 0 Å². The number of carbonyl (C=O) groups is 1. The predicted octanol–water partition coefficient (Wildman–Crippen LogP) is 3.83. The topological polar surface area (TPSA) is 94.4 Å². The molecule has 2 unspecified atom stereocenters. The molecule has 4 rings (SSSR count). The highest BCUT2D eigenvalue weighted by Crippen LogP contribution is 2.34. The molecule has 0 saturated carbocycles. The standard InChI is InChI=1S/C21H30F2N6O3/c1-20(2,3)32-19(30)28-8-7-14(21(22,23)12-28)10-24-17-15-11-27-29(18(15)26-13-25-17)16-6-4-5-9-31-16/h11,13-14,16H,4-10,12H2,1-3H3,(H,24,25,26). The van der Waals surface area contributed by atoms with E-state index < -0.39 is 30.1 Å². The number of anilines is 1. The van der Waals surface area contributed by atoms with Crippen molar-refractivity contribution in [3.63, 3.8) is 0 Å². The number of nitrogens with one attached hydrogen (secondary N) is 1. The number of hydrogen-bond donors (Lipinski definition) is 1. The Hall–Kier alpha value is -2.56. The number of ether oxygens (including phenoxy) is 2. The highest BCUT2D eigenvalue weighted by molar-refractivity contribution is 5.86. The van der Waals surface area contributed by atoms with Crippen LogP contribution in [0.5, 0.6) is 0 Å². The van der Waals surface area contributed by atoms with Gasteiger partial charge in [-0.2, -0.15) is 5.10 Å².